The van der Waals surface area contributed by atoms with E-state index in [0.29, 0.717) is 6.04 Å². The third kappa shape index (κ3) is 4.19. The predicted octanol–water partition coefficient (Wildman–Crippen LogP) is 2.90. The number of hydrogen-bond acceptors (Lipinski definition) is 2. The van der Waals surface area contributed by atoms with Gasteiger partial charge in [-0.05, 0) is 37.6 Å². The Hall–Kier alpha value is -1.09. The van der Waals surface area contributed by atoms with Gasteiger partial charge in [0.25, 0.3) is 0 Å². The van der Waals surface area contributed by atoms with Crippen molar-refractivity contribution in [3.8, 4) is 5.75 Å². The van der Waals surface area contributed by atoms with E-state index in [1.807, 2.05) is 13.8 Å². The molecule has 1 atom stereocenters. The van der Waals surface area contributed by atoms with Crippen molar-refractivity contribution in [2.24, 2.45) is 0 Å². The molecule has 0 aliphatic rings. The summed E-state index contributed by atoms with van der Waals surface area (Å²) in [6, 6.07) is 5.03. The number of benzene rings is 1. The van der Waals surface area contributed by atoms with Gasteiger partial charge in [-0.2, -0.15) is 0 Å². The number of hydrogen-bond donors (Lipinski definition) is 1. The highest BCUT2D eigenvalue weighted by Gasteiger charge is 2.07. The highest BCUT2D eigenvalue weighted by Crippen LogP contribution is 2.19. The average molecular weight is 225 g/mol. The summed E-state index contributed by atoms with van der Waals surface area (Å²) in [5.74, 6) is 0.525. The molecular formula is C13H20FNO. The molecule has 0 saturated carbocycles. The predicted molar refractivity (Wildman–Crippen MR) is 64.4 cm³/mol. The van der Waals surface area contributed by atoms with Crippen LogP contribution in [0.5, 0.6) is 5.75 Å². The molecule has 1 N–H and O–H groups in total. The molecule has 16 heavy (non-hydrogen) atoms. The summed E-state index contributed by atoms with van der Waals surface area (Å²) >= 11 is 0. The van der Waals surface area contributed by atoms with Gasteiger partial charge in [0.1, 0.15) is 17.7 Å². The second-order valence-electron chi connectivity index (χ2n) is 4.40. The number of aryl methyl sites for hydroxylation is 1. The molecular weight excluding hydrogens is 205 g/mol. The second kappa shape index (κ2) is 5.85. The Morgan fingerprint density at radius 1 is 1.31 bits per heavy atom. The van der Waals surface area contributed by atoms with Crippen LogP contribution in [-0.4, -0.2) is 18.7 Å². The molecule has 0 fully saturated rings. The lowest BCUT2D eigenvalue weighted by Gasteiger charge is -2.18. The van der Waals surface area contributed by atoms with E-state index in [4.69, 9.17) is 4.74 Å². The molecule has 1 aromatic carbocycles. The van der Waals surface area contributed by atoms with Gasteiger partial charge < -0.3 is 10.1 Å². The summed E-state index contributed by atoms with van der Waals surface area (Å²) in [5, 5.41) is 3.30. The zero-order valence-corrected chi connectivity index (χ0v) is 10.4. The largest absolute Gasteiger partial charge is 0.489 e. The Bertz CT molecular complexity index is 339. The highest BCUT2D eigenvalue weighted by molar-refractivity contribution is 5.32. The van der Waals surface area contributed by atoms with E-state index >= 15 is 0 Å². The Labute approximate surface area is 96.8 Å². The minimum Gasteiger partial charge on any atom is -0.489 e. The molecule has 0 saturated heterocycles. The number of nitrogens with one attached hydrogen (secondary N) is 1. The minimum atomic E-state index is -0.224. The first-order valence-corrected chi connectivity index (χ1v) is 5.65. The Balaban J connectivity index is 2.52. The molecule has 1 unspecified atom stereocenters. The van der Waals surface area contributed by atoms with E-state index in [2.05, 4.69) is 19.2 Å². The quantitative estimate of drug-likeness (QED) is 0.832. The normalized spacial score (nSPS) is 12.9. The van der Waals surface area contributed by atoms with E-state index in [0.717, 1.165) is 17.9 Å². The molecule has 90 valence electrons. The summed E-state index contributed by atoms with van der Waals surface area (Å²) in [6.45, 7) is 8.82. The first kappa shape index (κ1) is 13.0. The fourth-order valence-electron chi connectivity index (χ4n) is 1.41. The fourth-order valence-corrected chi connectivity index (χ4v) is 1.41. The van der Waals surface area contributed by atoms with Crippen LogP contribution in [0.25, 0.3) is 0 Å². The summed E-state index contributed by atoms with van der Waals surface area (Å²) in [7, 11) is 0. The summed E-state index contributed by atoms with van der Waals surface area (Å²) in [6.07, 6.45) is 0.0755. The van der Waals surface area contributed by atoms with E-state index < -0.39 is 0 Å². The molecule has 0 heterocycles. The number of rotatable bonds is 5. The Kier molecular flexibility index (Phi) is 4.74. The molecule has 1 rings (SSSR count). The van der Waals surface area contributed by atoms with Gasteiger partial charge in [0.2, 0.25) is 0 Å². The van der Waals surface area contributed by atoms with Crippen LogP contribution in [0.3, 0.4) is 0 Å². The third-order valence-corrected chi connectivity index (χ3v) is 2.28. The minimum absolute atomic E-state index is 0.0755. The Morgan fingerprint density at radius 2 is 2.00 bits per heavy atom. The van der Waals surface area contributed by atoms with Crippen LogP contribution in [0.15, 0.2) is 18.2 Å². The van der Waals surface area contributed by atoms with E-state index in [1.54, 1.807) is 6.07 Å². The van der Waals surface area contributed by atoms with Gasteiger partial charge in [-0.3, -0.25) is 0 Å². The van der Waals surface area contributed by atoms with Gasteiger partial charge in [-0.1, -0.05) is 13.8 Å². The maximum absolute atomic E-state index is 12.9. The molecule has 1 aromatic rings. The van der Waals surface area contributed by atoms with Crippen molar-refractivity contribution in [2.75, 3.05) is 6.54 Å². The van der Waals surface area contributed by atoms with E-state index in [9.17, 15) is 4.39 Å². The van der Waals surface area contributed by atoms with Crippen molar-refractivity contribution in [3.05, 3.63) is 29.6 Å². The maximum atomic E-state index is 12.9. The van der Waals surface area contributed by atoms with Crippen molar-refractivity contribution >= 4 is 0 Å². The van der Waals surface area contributed by atoms with Gasteiger partial charge in [0.15, 0.2) is 0 Å². The highest BCUT2D eigenvalue weighted by atomic mass is 19.1. The monoisotopic (exact) mass is 225 g/mol. The molecule has 0 radical (unpaired) electrons. The lowest BCUT2D eigenvalue weighted by molar-refractivity contribution is 0.212. The molecule has 0 aliphatic carbocycles. The van der Waals surface area contributed by atoms with Crippen LogP contribution in [0, 0.1) is 12.7 Å². The summed E-state index contributed by atoms with van der Waals surface area (Å²) in [5.41, 5.74) is 0.830. The van der Waals surface area contributed by atoms with Gasteiger partial charge in [0, 0.05) is 12.6 Å². The molecule has 0 bridgehead atoms. The summed E-state index contributed by atoms with van der Waals surface area (Å²) < 4.78 is 18.6. The van der Waals surface area contributed by atoms with E-state index in [1.165, 1.54) is 12.1 Å². The van der Waals surface area contributed by atoms with Crippen LogP contribution in [-0.2, 0) is 0 Å². The van der Waals surface area contributed by atoms with Crippen LogP contribution in [0.2, 0.25) is 0 Å². The van der Waals surface area contributed by atoms with Gasteiger partial charge in [-0.15, -0.1) is 0 Å². The lowest BCUT2D eigenvalue weighted by Crippen LogP contribution is -2.33. The SMILES string of the molecule is Cc1cc(F)ccc1OC(C)CNC(C)C. The molecule has 0 aliphatic heterocycles. The fraction of sp³-hybridized carbons (Fsp3) is 0.538. The maximum Gasteiger partial charge on any atom is 0.123 e. The number of ether oxygens (including phenoxy) is 1. The van der Waals surface area contributed by atoms with E-state index in [-0.39, 0.29) is 11.9 Å². The van der Waals surface area contributed by atoms with Crippen LogP contribution in [0.1, 0.15) is 26.3 Å². The molecule has 2 nitrogen and oxygen atoms in total. The van der Waals surface area contributed by atoms with Gasteiger partial charge in [0.05, 0.1) is 0 Å². The number of halogens is 1. The van der Waals surface area contributed by atoms with Crippen LogP contribution in [0.4, 0.5) is 4.39 Å². The van der Waals surface area contributed by atoms with Crippen molar-refractivity contribution in [1.82, 2.24) is 5.32 Å². The molecule has 0 aromatic heterocycles. The first-order valence-electron chi connectivity index (χ1n) is 5.65. The van der Waals surface area contributed by atoms with Gasteiger partial charge in [-0.25, -0.2) is 4.39 Å². The van der Waals surface area contributed by atoms with Crippen LogP contribution < -0.4 is 10.1 Å². The summed E-state index contributed by atoms with van der Waals surface area (Å²) in [4.78, 5) is 0. The van der Waals surface area contributed by atoms with Crippen molar-refractivity contribution in [1.29, 1.82) is 0 Å². The average Bonchev–Trinajstić information content (AvgIpc) is 2.19. The van der Waals surface area contributed by atoms with Gasteiger partial charge >= 0.3 is 0 Å². The Morgan fingerprint density at radius 3 is 2.56 bits per heavy atom. The lowest BCUT2D eigenvalue weighted by atomic mass is 10.2. The van der Waals surface area contributed by atoms with Crippen molar-refractivity contribution in [3.63, 3.8) is 0 Å². The molecule has 0 amide bonds. The molecule has 0 spiro atoms. The van der Waals surface area contributed by atoms with Crippen molar-refractivity contribution in [2.45, 2.75) is 39.8 Å². The standard InChI is InChI=1S/C13H20FNO/c1-9(2)15-8-11(4)16-13-6-5-12(14)7-10(13)3/h5-7,9,11,15H,8H2,1-4H3. The molecule has 3 heteroatoms. The second-order valence-corrected chi connectivity index (χ2v) is 4.40. The zero-order chi connectivity index (χ0) is 12.1. The smallest absolute Gasteiger partial charge is 0.123 e. The topological polar surface area (TPSA) is 21.3 Å². The third-order valence-electron chi connectivity index (χ3n) is 2.28. The first-order chi connectivity index (χ1) is 7.49. The van der Waals surface area contributed by atoms with Crippen LogP contribution >= 0.6 is 0 Å². The zero-order valence-electron chi connectivity index (χ0n) is 10.4. The van der Waals surface area contributed by atoms with Crippen molar-refractivity contribution < 1.29 is 9.13 Å².